The van der Waals surface area contributed by atoms with Crippen LogP contribution >= 0.6 is 0 Å². The molecule has 1 aliphatic rings. The highest BCUT2D eigenvalue weighted by Gasteiger charge is 2.23. The summed E-state index contributed by atoms with van der Waals surface area (Å²) in [6, 6.07) is 22.9. The normalized spacial score (nSPS) is 16.5. The fourth-order valence-corrected chi connectivity index (χ4v) is 5.00. The monoisotopic (exact) mass is 437 g/mol. The van der Waals surface area contributed by atoms with Gasteiger partial charge in [-0.1, -0.05) is 48.5 Å². The first kappa shape index (κ1) is 21.3. The average molecular weight is 438 g/mol. The van der Waals surface area contributed by atoms with Gasteiger partial charge in [0.2, 0.25) is 15.9 Å². The van der Waals surface area contributed by atoms with Crippen LogP contribution in [0.25, 0.3) is 10.8 Å². The number of carbonyl (C=O) groups is 1. The highest BCUT2D eigenvalue weighted by atomic mass is 32.2. The first-order valence-corrected chi connectivity index (χ1v) is 12.0. The third kappa shape index (κ3) is 5.42. The lowest BCUT2D eigenvalue weighted by molar-refractivity contribution is -0.121. The number of rotatable bonds is 8. The van der Waals surface area contributed by atoms with Gasteiger partial charge < -0.3 is 10.2 Å². The Kier molecular flexibility index (Phi) is 6.53. The number of hydrogen-bond donors (Lipinski definition) is 2. The Hall–Kier alpha value is -2.90. The summed E-state index contributed by atoms with van der Waals surface area (Å²) in [7, 11) is -3.65. The maximum absolute atomic E-state index is 12.5. The maximum atomic E-state index is 12.5. The number of nitrogens with zero attached hydrogens (tertiary/aromatic N) is 1. The molecule has 1 atom stereocenters. The number of sulfonamides is 1. The second-order valence-electron chi connectivity index (χ2n) is 7.90. The minimum absolute atomic E-state index is 0.0712. The lowest BCUT2D eigenvalue weighted by Gasteiger charge is -2.18. The SMILES string of the molecule is O=C(CCNS(=O)(=O)c1ccc2ccccc2c1)NCC1CCN(c2ccccc2)C1. The van der Waals surface area contributed by atoms with Crippen molar-refractivity contribution in [3.8, 4) is 0 Å². The van der Waals surface area contributed by atoms with Gasteiger partial charge in [-0.3, -0.25) is 4.79 Å². The molecule has 0 aliphatic carbocycles. The molecule has 0 bridgehead atoms. The summed E-state index contributed by atoms with van der Waals surface area (Å²) in [5.41, 5.74) is 1.21. The van der Waals surface area contributed by atoms with Gasteiger partial charge in [0.25, 0.3) is 0 Å². The van der Waals surface area contributed by atoms with E-state index in [-0.39, 0.29) is 23.8 Å². The second kappa shape index (κ2) is 9.49. The van der Waals surface area contributed by atoms with Gasteiger partial charge in [-0.05, 0) is 47.4 Å². The molecule has 2 N–H and O–H groups in total. The third-order valence-electron chi connectivity index (χ3n) is 5.67. The number of fused-ring (bicyclic) bond motifs is 1. The van der Waals surface area contributed by atoms with Crippen molar-refractivity contribution in [2.45, 2.75) is 17.7 Å². The first-order chi connectivity index (χ1) is 15.0. The first-order valence-electron chi connectivity index (χ1n) is 10.6. The molecule has 1 fully saturated rings. The zero-order chi connectivity index (χ0) is 21.7. The van der Waals surface area contributed by atoms with E-state index in [0.717, 1.165) is 30.3 Å². The van der Waals surface area contributed by atoms with E-state index < -0.39 is 10.0 Å². The summed E-state index contributed by atoms with van der Waals surface area (Å²) in [4.78, 5) is 14.7. The zero-order valence-electron chi connectivity index (χ0n) is 17.3. The quantitative estimate of drug-likeness (QED) is 0.568. The maximum Gasteiger partial charge on any atom is 0.240 e. The molecule has 1 unspecified atom stereocenters. The van der Waals surface area contributed by atoms with Crippen molar-refractivity contribution in [1.82, 2.24) is 10.0 Å². The number of carbonyl (C=O) groups excluding carboxylic acids is 1. The molecule has 0 spiro atoms. The topological polar surface area (TPSA) is 78.5 Å². The molecule has 1 aliphatic heterocycles. The summed E-state index contributed by atoms with van der Waals surface area (Å²) in [5.74, 6) is 0.262. The third-order valence-corrected chi connectivity index (χ3v) is 7.13. The van der Waals surface area contributed by atoms with E-state index >= 15 is 0 Å². The summed E-state index contributed by atoms with van der Waals surface area (Å²) >= 11 is 0. The smallest absolute Gasteiger partial charge is 0.240 e. The molecular formula is C24H27N3O3S. The molecular weight excluding hydrogens is 410 g/mol. The van der Waals surface area contributed by atoms with Gasteiger partial charge in [-0.2, -0.15) is 0 Å². The Bertz CT molecular complexity index is 1150. The molecule has 0 aromatic heterocycles. The predicted molar refractivity (Wildman–Crippen MR) is 124 cm³/mol. The lowest BCUT2D eigenvalue weighted by Crippen LogP contribution is -2.34. The van der Waals surface area contributed by atoms with Crippen molar-refractivity contribution in [1.29, 1.82) is 0 Å². The number of amides is 1. The van der Waals surface area contributed by atoms with E-state index in [0.29, 0.717) is 12.5 Å². The average Bonchev–Trinajstić information content (AvgIpc) is 3.27. The Balaban J connectivity index is 1.22. The van der Waals surface area contributed by atoms with E-state index in [1.165, 1.54) is 5.69 Å². The molecule has 0 radical (unpaired) electrons. The van der Waals surface area contributed by atoms with E-state index in [1.807, 2.05) is 42.5 Å². The Labute approximate surface area is 183 Å². The van der Waals surface area contributed by atoms with Crippen LogP contribution in [0, 0.1) is 5.92 Å². The Morgan fingerprint density at radius 2 is 1.71 bits per heavy atom. The van der Waals surface area contributed by atoms with E-state index in [4.69, 9.17) is 0 Å². The van der Waals surface area contributed by atoms with Crippen LogP contribution in [-0.4, -0.2) is 40.5 Å². The minimum atomic E-state index is -3.65. The van der Waals surface area contributed by atoms with Gasteiger partial charge >= 0.3 is 0 Å². The van der Waals surface area contributed by atoms with Crippen LogP contribution in [0.3, 0.4) is 0 Å². The highest BCUT2D eigenvalue weighted by molar-refractivity contribution is 7.89. The molecule has 162 valence electrons. The van der Waals surface area contributed by atoms with Crippen LogP contribution < -0.4 is 14.9 Å². The van der Waals surface area contributed by atoms with Crippen LogP contribution in [0.4, 0.5) is 5.69 Å². The Morgan fingerprint density at radius 3 is 2.52 bits per heavy atom. The minimum Gasteiger partial charge on any atom is -0.371 e. The number of para-hydroxylation sites is 1. The molecule has 4 rings (SSSR count). The highest BCUT2D eigenvalue weighted by Crippen LogP contribution is 2.23. The summed E-state index contributed by atoms with van der Waals surface area (Å²) < 4.78 is 27.6. The second-order valence-corrected chi connectivity index (χ2v) is 9.66. The zero-order valence-corrected chi connectivity index (χ0v) is 18.1. The molecule has 1 amide bonds. The predicted octanol–water partition coefficient (Wildman–Crippen LogP) is 3.15. The number of benzene rings is 3. The van der Waals surface area contributed by atoms with Crippen LogP contribution in [0.5, 0.6) is 0 Å². The van der Waals surface area contributed by atoms with Gasteiger partial charge in [0.05, 0.1) is 4.90 Å². The largest absolute Gasteiger partial charge is 0.371 e. The fourth-order valence-electron chi connectivity index (χ4n) is 3.94. The molecule has 0 saturated carbocycles. The number of anilines is 1. The molecule has 1 saturated heterocycles. The van der Waals surface area contributed by atoms with Gasteiger partial charge in [0.1, 0.15) is 0 Å². The van der Waals surface area contributed by atoms with E-state index in [9.17, 15) is 13.2 Å². The van der Waals surface area contributed by atoms with Gasteiger partial charge in [0, 0.05) is 38.3 Å². The van der Waals surface area contributed by atoms with E-state index in [2.05, 4.69) is 27.1 Å². The summed E-state index contributed by atoms with van der Waals surface area (Å²) in [6.45, 7) is 2.58. The molecule has 31 heavy (non-hydrogen) atoms. The molecule has 7 heteroatoms. The number of hydrogen-bond acceptors (Lipinski definition) is 4. The van der Waals surface area contributed by atoms with Crippen molar-refractivity contribution in [2.24, 2.45) is 5.92 Å². The standard InChI is InChI=1S/C24H27N3O3S/c28-24(25-17-19-13-15-27(18-19)22-8-2-1-3-9-22)12-14-26-31(29,30)23-11-10-20-6-4-5-7-21(20)16-23/h1-11,16,19,26H,12-15,17-18H2,(H,25,28). The lowest BCUT2D eigenvalue weighted by atomic mass is 10.1. The van der Waals surface area contributed by atoms with Gasteiger partial charge in [-0.25, -0.2) is 13.1 Å². The van der Waals surface area contributed by atoms with Crippen molar-refractivity contribution in [2.75, 3.05) is 31.1 Å². The van der Waals surface area contributed by atoms with Gasteiger partial charge in [-0.15, -0.1) is 0 Å². The molecule has 6 nitrogen and oxygen atoms in total. The van der Waals surface area contributed by atoms with Crippen LogP contribution in [0.1, 0.15) is 12.8 Å². The molecule has 3 aromatic carbocycles. The van der Waals surface area contributed by atoms with Crippen LogP contribution in [0.2, 0.25) is 0 Å². The fraction of sp³-hybridized carbons (Fsp3) is 0.292. The van der Waals surface area contributed by atoms with Crippen molar-refractivity contribution < 1.29 is 13.2 Å². The number of nitrogens with one attached hydrogen (secondary N) is 2. The van der Waals surface area contributed by atoms with Gasteiger partial charge in [0.15, 0.2) is 0 Å². The summed E-state index contributed by atoms with van der Waals surface area (Å²) in [5, 5.41) is 4.80. The van der Waals surface area contributed by atoms with E-state index in [1.54, 1.807) is 18.2 Å². The van der Waals surface area contributed by atoms with Crippen LogP contribution in [-0.2, 0) is 14.8 Å². The van der Waals surface area contributed by atoms with Crippen LogP contribution in [0.15, 0.2) is 77.7 Å². The molecule has 1 heterocycles. The van der Waals surface area contributed by atoms with Crippen molar-refractivity contribution in [3.05, 3.63) is 72.8 Å². The van der Waals surface area contributed by atoms with Crippen molar-refractivity contribution >= 4 is 32.4 Å². The van der Waals surface area contributed by atoms with Crippen molar-refractivity contribution in [3.63, 3.8) is 0 Å². The molecule has 3 aromatic rings. The Morgan fingerprint density at radius 1 is 0.968 bits per heavy atom. The summed E-state index contributed by atoms with van der Waals surface area (Å²) in [6.07, 6.45) is 1.14.